The summed E-state index contributed by atoms with van der Waals surface area (Å²) in [6, 6.07) is 5.00. The fourth-order valence-electron chi connectivity index (χ4n) is 2.23. The number of sulfonamides is 1. The summed E-state index contributed by atoms with van der Waals surface area (Å²) in [6.45, 7) is 4.82. The third kappa shape index (κ3) is 2.97. The van der Waals surface area contributed by atoms with Crippen molar-refractivity contribution in [2.24, 2.45) is 0 Å². The highest BCUT2D eigenvalue weighted by Gasteiger charge is 2.32. The van der Waals surface area contributed by atoms with Crippen molar-refractivity contribution in [3.8, 4) is 6.07 Å². The van der Waals surface area contributed by atoms with E-state index in [2.05, 4.69) is 0 Å². The number of halogens is 1. The van der Waals surface area contributed by atoms with Crippen molar-refractivity contribution in [1.29, 1.82) is 5.26 Å². The molecule has 0 bridgehead atoms. The largest absolute Gasteiger partial charge is 0.243 e. The van der Waals surface area contributed by atoms with Crippen molar-refractivity contribution in [2.45, 2.75) is 29.2 Å². The van der Waals surface area contributed by atoms with Crippen LogP contribution in [-0.2, 0) is 10.0 Å². The minimum Gasteiger partial charge on any atom is -0.207 e. The fraction of sp³-hybridized carbons (Fsp3) is 0.462. The van der Waals surface area contributed by atoms with Crippen LogP contribution in [0.4, 0.5) is 4.39 Å². The lowest BCUT2D eigenvalue weighted by molar-refractivity contribution is 0.404. The zero-order chi connectivity index (χ0) is 14.9. The molecule has 0 radical (unpaired) electrons. The van der Waals surface area contributed by atoms with Crippen molar-refractivity contribution >= 4 is 21.8 Å². The molecule has 0 amide bonds. The average Bonchev–Trinajstić information content (AvgIpc) is 2.37. The van der Waals surface area contributed by atoms with E-state index in [1.54, 1.807) is 17.8 Å². The van der Waals surface area contributed by atoms with Crippen LogP contribution in [0.25, 0.3) is 0 Å². The third-order valence-corrected chi connectivity index (χ3v) is 6.14. The maximum atomic E-state index is 13.3. The molecule has 1 aromatic carbocycles. The van der Waals surface area contributed by atoms with Gasteiger partial charge in [0.1, 0.15) is 11.9 Å². The van der Waals surface area contributed by atoms with Crippen molar-refractivity contribution in [2.75, 3.05) is 13.1 Å². The number of hydrogen-bond acceptors (Lipinski definition) is 4. The van der Waals surface area contributed by atoms with Gasteiger partial charge in [0.25, 0.3) is 0 Å². The quantitative estimate of drug-likeness (QED) is 0.840. The van der Waals surface area contributed by atoms with Gasteiger partial charge in [0.05, 0.1) is 10.5 Å². The van der Waals surface area contributed by atoms with Gasteiger partial charge in [-0.05, 0) is 18.2 Å². The summed E-state index contributed by atoms with van der Waals surface area (Å²) in [6.07, 6.45) is 0. The number of rotatable bonds is 2. The Kier molecular flexibility index (Phi) is 4.37. The summed E-state index contributed by atoms with van der Waals surface area (Å²) in [7, 11) is -3.68. The third-order valence-electron chi connectivity index (χ3n) is 3.08. The first-order valence-corrected chi connectivity index (χ1v) is 8.58. The summed E-state index contributed by atoms with van der Waals surface area (Å²) in [5, 5.41) is 9.23. The Balaban J connectivity index is 2.38. The molecular formula is C13H15FN2O2S2. The molecular weight excluding hydrogens is 299 g/mol. The number of benzene rings is 1. The van der Waals surface area contributed by atoms with Crippen LogP contribution < -0.4 is 0 Å². The second kappa shape index (κ2) is 5.72. The molecule has 1 fully saturated rings. The van der Waals surface area contributed by atoms with E-state index in [0.717, 1.165) is 12.1 Å². The Morgan fingerprint density at radius 2 is 1.95 bits per heavy atom. The SMILES string of the molecule is CC1CN(S(=O)(=O)c2ccc(F)c(C#N)c2)CC(C)S1. The molecule has 2 rings (SSSR count). The van der Waals surface area contributed by atoms with Gasteiger partial charge in [0.15, 0.2) is 0 Å². The molecule has 0 spiro atoms. The van der Waals surface area contributed by atoms with Crippen LogP contribution >= 0.6 is 11.8 Å². The van der Waals surface area contributed by atoms with Gasteiger partial charge in [-0.1, -0.05) is 13.8 Å². The van der Waals surface area contributed by atoms with E-state index in [4.69, 9.17) is 5.26 Å². The highest BCUT2D eigenvalue weighted by Crippen LogP contribution is 2.29. The molecule has 1 aromatic rings. The molecule has 0 aromatic heterocycles. The first-order chi connectivity index (χ1) is 9.34. The van der Waals surface area contributed by atoms with Crippen LogP contribution in [0, 0.1) is 17.1 Å². The second-order valence-electron chi connectivity index (χ2n) is 4.83. The van der Waals surface area contributed by atoms with Gasteiger partial charge in [0, 0.05) is 23.6 Å². The zero-order valence-corrected chi connectivity index (χ0v) is 12.8. The van der Waals surface area contributed by atoms with Gasteiger partial charge in [0.2, 0.25) is 10.0 Å². The molecule has 4 nitrogen and oxygen atoms in total. The van der Waals surface area contributed by atoms with Gasteiger partial charge < -0.3 is 0 Å². The number of nitriles is 1. The lowest BCUT2D eigenvalue weighted by Crippen LogP contribution is -2.43. The number of thioether (sulfide) groups is 1. The summed E-state index contributed by atoms with van der Waals surface area (Å²) < 4.78 is 39.8. The van der Waals surface area contributed by atoms with E-state index in [0.29, 0.717) is 13.1 Å². The number of nitrogens with zero attached hydrogens (tertiary/aromatic N) is 2. The van der Waals surface area contributed by atoms with Crippen LogP contribution in [0.3, 0.4) is 0 Å². The van der Waals surface area contributed by atoms with Crippen LogP contribution in [0.5, 0.6) is 0 Å². The second-order valence-corrected chi connectivity index (χ2v) is 8.65. The molecule has 0 saturated carbocycles. The van der Waals surface area contributed by atoms with E-state index >= 15 is 0 Å². The molecule has 20 heavy (non-hydrogen) atoms. The van der Waals surface area contributed by atoms with Gasteiger partial charge in [-0.25, -0.2) is 12.8 Å². The van der Waals surface area contributed by atoms with E-state index in [-0.39, 0.29) is 21.0 Å². The Morgan fingerprint density at radius 3 is 2.50 bits per heavy atom. The molecule has 7 heteroatoms. The summed E-state index contributed by atoms with van der Waals surface area (Å²) in [4.78, 5) is -0.0262. The molecule has 2 unspecified atom stereocenters. The highest BCUT2D eigenvalue weighted by molar-refractivity contribution is 8.00. The highest BCUT2D eigenvalue weighted by atomic mass is 32.2. The maximum absolute atomic E-state index is 13.3. The molecule has 1 saturated heterocycles. The van der Waals surface area contributed by atoms with Gasteiger partial charge in [-0.15, -0.1) is 0 Å². The topological polar surface area (TPSA) is 61.2 Å². The van der Waals surface area contributed by atoms with E-state index < -0.39 is 15.8 Å². The van der Waals surface area contributed by atoms with Crippen LogP contribution in [-0.4, -0.2) is 36.3 Å². The van der Waals surface area contributed by atoms with Crippen molar-refractivity contribution in [3.05, 3.63) is 29.6 Å². The first kappa shape index (κ1) is 15.3. The predicted octanol–water partition coefficient (Wildman–Crippen LogP) is 2.21. The Hall–Kier alpha value is -1.10. The Bertz CT molecular complexity index is 645. The molecule has 1 aliphatic rings. The average molecular weight is 314 g/mol. The lowest BCUT2D eigenvalue weighted by atomic mass is 10.2. The smallest absolute Gasteiger partial charge is 0.207 e. The summed E-state index contributed by atoms with van der Waals surface area (Å²) in [5.74, 6) is -0.706. The van der Waals surface area contributed by atoms with E-state index in [1.165, 1.54) is 10.4 Å². The van der Waals surface area contributed by atoms with Gasteiger partial charge in [-0.3, -0.25) is 0 Å². The van der Waals surface area contributed by atoms with Gasteiger partial charge in [-0.2, -0.15) is 21.3 Å². The number of hydrogen-bond donors (Lipinski definition) is 0. The molecule has 0 N–H and O–H groups in total. The van der Waals surface area contributed by atoms with Crippen molar-refractivity contribution in [1.82, 2.24) is 4.31 Å². The fourth-order valence-corrected chi connectivity index (χ4v) is 5.39. The van der Waals surface area contributed by atoms with Crippen molar-refractivity contribution < 1.29 is 12.8 Å². The van der Waals surface area contributed by atoms with Crippen LogP contribution in [0.2, 0.25) is 0 Å². The summed E-state index contributed by atoms with van der Waals surface area (Å²) >= 11 is 1.75. The summed E-state index contributed by atoms with van der Waals surface area (Å²) in [5.41, 5.74) is -0.251. The zero-order valence-electron chi connectivity index (χ0n) is 11.2. The van der Waals surface area contributed by atoms with E-state index in [9.17, 15) is 12.8 Å². The lowest BCUT2D eigenvalue weighted by Gasteiger charge is -2.33. The minimum absolute atomic E-state index is 0.0262. The normalized spacial score (nSPS) is 24.3. The van der Waals surface area contributed by atoms with Crippen LogP contribution in [0.1, 0.15) is 19.4 Å². The minimum atomic E-state index is -3.68. The van der Waals surface area contributed by atoms with Gasteiger partial charge >= 0.3 is 0 Å². The Labute approximate surface area is 122 Å². The first-order valence-electron chi connectivity index (χ1n) is 6.20. The van der Waals surface area contributed by atoms with Crippen molar-refractivity contribution in [3.63, 3.8) is 0 Å². The van der Waals surface area contributed by atoms with E-state index in [1.807, 2.05) is 13.8 Å². The molecule has 108 valence electrons. The monoisotopic (exact) mass is 314 g/mol. The molecule has 2 atom stereocenters. The Morgan fingerprint density at radius 1 is 1.35 bits per heavy atom. The standard InChI is InChI=1S/C13H15FN2O2S2/c1-9-7-16(8-10(2)19-9)20(17,18)12-3-4-13(14)11(5-12)6-15/h3-5,9-10H,7-8H2,1-2H3. The molecule has 0 aliphatic carbocycles. The molecule has 1 heterocycles. The predicted molar refractivity (Wildman–Crippen MR) is 76.4 cm³/mol. The maximum Gasteiger partial charge on any atom is 0.243 e. The molecule has 1 aliphatic heterocycles. The van der Waals surface area contributed by atoms with Crippen LogP contribution in [0.15, 0.2) is 23.1 Å².